The van der Waals surface area contributed by atoms with E-state index in [2.05, 4.69) is 63.6 Å². The Morgan fingerprint density at radius 3 is 2.30 bits per heavy atom. The zero-order valence-corrected chi connectivity index (χ0v) is 20.5. The summed E-state index contributed by atoms with van der Waals surface area (Å²) in [5, 5.41) is 7.05. The van der Waals surface area contributed by atoms with Gasteiger partial charge in [0.05, 0.1) is 21.7 Å². The molecule has 0 aliphatic heterocycles. The first-order valence-corrected chi connectivity index (χ1v) is 11.4. The number of anilines is 1. The predicted octanol–water partition coefficient (Wildman–Crippen LogP) is 6.12. The monoisotopic (exact) mass is 593 g/mol. The van der Waals surface area contributed by atoms with Crippen molar-refractivity contribution in [1.82, 2.24) is 5.43 Å². The third-order valence-corrected chi connectivity index (χ3v) is 5.65. The number of halogens is 3. The van der Waals surface area contributed by atoms with Crippen LogP contribution in [-0.2, 0) is 11.4 Å². The highest BCUT2D eigenvalue weighted by Gasteiger charge is 2.09. The molecular formula is C22H18Br3N3O2. The quantitative estimate of drug-likeness (QED) is 0.244. The Morgan fingerprint density at radius 1 is 0.967 bits per heavy atom. The number of amides is 1. The second kappa shape index (κ2) is 11.3. The van der Waals surface area contributed by atoms with Crippen LogP contribution in [0.15, 0.2) is 85.2 Å². The van der Waals surface area contributed by atoms with Crippen molar-refractivity contribution in [2.75, 3.05) is 11.9 Å². The topological polar surface area (TPSA) is 62.7 Å². The van der Waals surface area contributed by atoms with Gasteiger partial charge < -0.3 is 10.1 Å². The number of ether oxygens (including phenoxy) is 1. The summed E-state index contributed by atoms with van der Waals surface area (Å²) in [7, 11) is 0. The Morgan fingerprint density at radius 2 is 1.63 bits per heavy atom. The van der Waals surface area contributed by atoms with E-state index in [1.165, 1.54) is 0 Å². The van der Waals surface area contributed by atoms with Crippen LogP contribution in [0, 0.1) is 0 Å². The van der Waals surface area contributed by atoms with Crippen molar-refractivity contribution in [3.63, 3.8) is 0 Å². The standard InChI is InChI=1S/C22H18Br3N3O2/c23-17-8-6-15(7-9-17)14-30-22-19(24)10-16(11-20(22)25)12-27-28-21(29)13-26-18-4-2-1-3-5-18/h1-12,26H,13-14H2,(H,28,29)/b27-12-. The number of hydrogen-bond donors (Lipinski definition) is 2. The Kier molecular flexibility index (Phi) is 8.48. The van der Waals surface area contributed by atoms with Gasteiger partial charge in [-0.15, -0.1) is 0 Å². The first-order valence-electron chi connectivity index (χ1n) is 8.98. The molecule has 2 N–H and O–H groups in total. The summed E-state index contributed by atoms with van der Waals surface area (Å²) in [6.07, 6.45) is 1.58. The summed E-state index contributed by atoms with van der Waals surface area (Å²) in [5.74, 6) is 0.467. The van der Waals surface area contributed by atoms with E-state index >= 15 is 0 Å². The molecule has 0 radical (unpaired) electrons. The van der Waals surface area contributed by atoms with Crippen molar-refractivity contribution in [3.8, 4) is 5.75 Å². The average Bonchev–Trinajstić information content (AvgIpc) is 2.74. The molecule has 0 aromatic heterocycles. The van der Waals surface area contributed by atoms with Crippen LogP contribution >= 0.6 is 47.8 Å². The largest absolute Gasteiger partial charge is 0.487 e. The fraction of sp³-hybridized carbons (Fsp3) is 0.0909. The number of nitrogens with one attached hydrogen (secondary N) is 2. The summed E-state index contributed by atoms with van der Waals surface area (Å²) >= 11 is 10.5. The van der Waals surface area contributed by atoms with Crippen LogP contribution in [0.3, 0.4) is 0 Å². The van der Waals surface area contributed by atoms with Gasteiger partial charge in [0.15, 0.2) is 0 Å². The van der Waals surface area contributed by atoms with Crippen molar-refractivity contribution < 1.29 is 9.53 Å². The van der Waals surface area contributed by atoms with Gasteiger partial charge in [0, 0.05) is 10.2 Å². The molecule has 30 heavy (non-hydrogen) atoms. The molecule has 0 heterocycles. The summed E-state index contributed by atoms with van der Waals surface area (Å²) in [6, 6.07) is 21.2. The van der Waals surface area contributed by atoms with Crippen LogP contribution in [-0.4, -0.2) is 18.7 Å². The fourth-order valence-electron chi connectivity index (χ4n) is 2.48. The van der Waals surface area contributed by atoms with E-state index in [9.17, 15) is 4.79 Å². The van der Waals surface area contributed by atoms with Crippen LogP contribution in [0.1, 0.15) is 11.1 Å². The third-order valence-electron chi connectivity index (χ3n) is 3.95. The molecule has 0 saturated carbocycles. The molecule has 0 bridgehead atoms. The minimum Gasteiger partial charge on any atom is -0.487 e. The van der Waals surface area contributed by atoms with Gasteiger partial charge in [0.1, 0.15) is 12.4 Å². The Bertz CT molecular complexity index is 1000. The lowest BCUT2D eigenvalue weighted by Crippen LogP contribution is -2.25. The number of para-hydroxylation sites is 1. The number of hydrogen-bond acceptors (Lipinski definition) is 4. The van der Waals surface area contributed by atoms with Crippen molar-refractivity contribution in [3.05, 3.63) is 91.3 Å². The molecule has 5 nitrogen and oxygen atoms in total. The highest BCUT2D eigenvalue weighted by Crippen LogP contribution is 2.35. The van der Waals surface area contributed by atoms with Gasteiger partial charge in [-0.1, -0.05) is 46.3 Å². The molecule has 3 rings (SSSR count). The lowest BCUT2D eigenvalue weighted by molar-refractivity contribution is -0.119. The lowest BCUT2D eigenvalue weighted by Gasteiger charge is -2.11. The van der Waals surface area contributed by atoms with Crippen LogP contribution in [0.4, 0.5) is 5.69 Å². The van der Waals surface area contributed by atoms with Crippen molar-refractivity contribution in [1.29, 1.82) is 0 Å². The van der Waals surface area contributed by atoms with Gasteiger partial charge in [-0.3, -0.25) is 4.79 Å². The Hall–Kier alpha value is -2.16. The van der Waals surface area contributed by atoms with E-state index in [0.717, 1.165) is 30.2 Å². The number of carbonyl (C=O) groups is 1. The number of nitrogens with zero attached hydrogens (tertiary/aromatic N) is 1. The van der Waals surface area contributed by atoms with Crippen LogP contribution in [0.25, 0.3) is 0 Å². The highest BCUT2D eigenvalue weighted by atomic mass is 79.9. The number of rotatable bonds is 8. The molecule has 0 unspecified atom stereocenters. The zero-order valence-electron chi connectivity index (χ0n) is 15.7. The third kappa shape index (κ3) is 6.97. The maximum atomic E-state index is 11.9. The minimum absolute atomic E-state index is 0.136. The van der Waals surface area contributed by atoms with E-state index in [4.69, 9.17) is 4.74 Å². The normalized spacial score (nSPS) is 10.8. The van der Waals surface area contributed by atoms with E-state index < -0.39 is 0 Å². The smallest absolute Gasteiger partial charge is 0.259 e. The summed E-state index contributed by atoms with van der Waals surface area (Å²) in [6.45, 7) is 0.583. The van der Waals surface area contributed by atoms with Gasteiger partial charge >= 0.3 is 0 Å². The van der Waals surface area contributed by atoms with Gasteiger partial charge in [-0.25, -0.2) is 5.43 Å². The highest BCUT2D eigenvalue weighted by molar-refractivity contribution is 9.11. The van der Waals surface area contributed by atoms with E-state index in [1.54, 1.807) is 6.21 Å². The van der Waals surface area contributed by atoms with Crippen LogP contribution in [0.5, 0.6) is 5.75 Å². The SMILES string of the molecule is O=C(CNc1ccccc1)N/N=C\c1cc(Br)c(OCc2ccc(Br)cc2)c(Br)c1. The molecule has 3 aromatic rings. The van der Waals surface area contributed by atoms with Gasteiger partial charge in [0.2, 0.25) is 0 Å². The Balaban J connectivity index is 1.53. The van der Waals surface area contributed by atoms with E-state index in [-0.39, 0.29) is 12.5 Å². The average molecular weight is 596 g/mol. The maximum absolute atomic E-state index is 11.9. The minimum atomic E-state index is -0.234. The predicted molar refractivity (Wildman–Crippen MR) is 131 cm³/mol. The summed E-state index contributed by atoms with van der Waals surface area (Å²) < 4.78 is 8.53. The number of carbonyl (C=O) groups excluding carboxylic acids is 1. The number of hydrazone groups is 1. The molecule has 154 valence electrons. The van der Waals surface area contributed by atoms with Crippen molar-refractivity contribution >= 4 is 65.6 Å². The molecule has 0 aliphatic rings. The molecule has 0 atom stereocenters. The molecule has 0 saturated heterocycles. The second-order valence-corrected chi connectivity index (χ2v) is 8.87. The van der Waals surface area contributed by atoms with Crippen molar-refractivity contribution in [2.24, 2.45) is 5.10 Å². The molecule has 3 aromatic carbocycles. The molecule has 8 heteroatoms. The molecule has 0 spiro atoms. The second-order valence-electron chi connectivity index (χ2n) is 6.24. The fourth-order valence-corrected chi connectivity index (χ4v) is 4.20. The first-order chi connectivity index (χ1) is 14.5. The maximum Gasteiger partial charge on any atom is 0.259 e. The molecular weight excluding hydrogens is 578 g/mol. The van der Waals surface area contributed by atoms with E-state index in [1.807, 2.05) is 66.7 Å². The van der Waals surface area contributed by atoms with E-state index in [0.29, 0.717) is 12.4 Å². The number of benzene rings is 3. The molecule has 0 aliphatic carbocycles. The van der Waals surface area contributed by atoms with Gasteiger partial charge in [0.25, 0.3) is 5.91 Å². The molecule has 0 fully saturated rings. The zero-order chi connectivity index (χ0) is 21.3. The van der Waals surface area contributed by atoms with Gasteiger partial charge in [-0.2, -0.15) is 5.10 Å². The Labute approximate surface area is 200 Å². The molecule has 1 amide bonds. The summed E-state index contributed by atoms with van der Waals surface area (Å²) in [5.41, 5.74) is 5.26. The van der Waals surface area contributed by atoms with Crippen LogP contribution < -0.4 is 15.5 Å². The van der Waals surface area contributed by atoms with Gasteiger partial charge in [-0.05, 0) is 79.4 Å². The summed E-state index contributed by atoms with van der Waals surface area (Å²) in [4.78, 5) is 11.9. The van der Waals surface area contributed by atoms with Crippen LogP contribution in [0.2, 0.25) is 0 Å². The lowest BCUT2D eigenvalue weighted by atomic mass is 10.2. The first kappa shape index (κ1) is 22.5. The van der Waals surface area contributed by atoms with Crippen molar-refractivity contribution in [2.45, 2.75) is 6.61 Å².